The van der Waals surface area contributed by atoms with Gasteiger partial charge >= 0.3 is 11.1 Å². The van der Waals surface area contributed by atoms with E-state index in [1.165, 1.54) is 9.13 Å². The van der Waals surface area contributed by atoms with Crippen molar-refractivity contribution in [2.45, 2.75) is 33.7 Å². The topological polar surface area (TPSA) is 44.0 Å². The number of aryl methyl sites for hydroxylation is 1. The highest BCUT2D eigenvalue weighted by Gasteiger charge is 2.06. The number of allylic oxidation sites excluding steroid dienone is 2. The molecule has 0 bridgehead atoms. The van der Waals surface area contributed by atoms with Crippen LogP contribution >= 0.6 is 0 Å². The van der Waals surface area contributed by atoms with Gasteiger partial charge in [-0.1, -0.05) is 30.7 Å². The second-order valence-corrected chi connectivity index (χ2v) is 5.24. The van der Waals surface area contributed by atoms with E-state index >= 15 is 0 Å². The lowest BCUT2D eigenvalue weighted by Gasteiger charge is -2.09. The fraction of sp³-hybridized carbons (Fsp3) is 0.294. The number of hydrogen-bond donors (Lipinski definition) is 0. The van der Waals surface area contributed by atoms with Crippen molar-refractivity contribution in [2.24, 2.45) is 0 Å². The van der Waals surface area contributed by atoms with Crippen molar-refractivity contribution in [1.82, 2.24) is 9.13 Å². The van der Waals surface area contributed by atoms with Crippen LogP contribution in [0.15, 0.2) is 57.9 Å². The summed E-state index contributed by atoms with van der Waals surface area (Å²) in [7, 11) is 0. The minimum absolute atomic E-state index is 0.423. The van der Waals surface area contributed by atoms with E-state index in [9.17, 15) is 9.59 Å². The molecule has 2 rings (SSSR count). The van der Waals surface area contributed by atoms with E-state index in [2.05, 4.69) is 6.92 Å². The standard InChI is InChI=1S/C17H20N2O2/c1-4-14-6-5-7-15(12-14)19-11-10-18(9-8-13(2)3)16(20)17(19)21/h5-8,10-12H,4,9H2,1-3H3. The van der Waals surface area contributed by atoms with Crippen LogP contribution in [0.4, 0.5) is 0 Å². The second-order valence-electron chi connectivity index (χ2n) is 5.24. The van der Waals surface area contributed by atoms with Crippen molar-refractivity contribution >= 4 is 0 Å². The first-order valence-corrected chi connectivity index (χ1v) is 7.07. The molecule has 1 heterocycles. The monoisotopic (exact) mass is 284 g/mol. The first-order chi connectivity index (χ1) is 10.0. The summed E-state index contributed by atoms with van der Waals surface area (Å²) in [5, 5.41) is 0. The molecule has 110 valence electrons. The van der Waals surface area contributed by atoms with Gasteiger partial charge in [0, 0.05) is 24.6 Å². The summed E-state index contributed by atoms with van der Waals surface area (Å²) in [5.74, 6) is 0. The van der Waals surface area contributed by atoms with Crippen molar-refractivity contribution < 1.29 is 0 Å². The zero-order valence-electron chi connectivity index (χ0n) is 12.7. The van der Waals surface area contributed by atoms with Gasteiger partial charge in [-0.15, -0.1) is 0 Å². The summed E-state index contributed by atoms with van der Waals surface area (Å²) in [6.45, 7) is 6.40. The van der Waals surface area contributed by atoms with Crippen molar-refractivity contribution in [2.75, 3.05) is 0 Å². The number of rotatable bonds is 4. The molecule has 0 radical (unpaired) electrons. The van der Waals surface area contributed by atoms with Gasteiger partial charge in [0.1, 0.15) is 0 Å². The summed E-state index contributed by atoms with van der Waals surface area (Å²) in [6, 6.07) is 7.67. The Kier molecular flexibility index (Phi) is 4.58. The Bertz CT molecular complexity index is 778. The highest BCUT2D eigenvalue weighted by Crippen LogP contribution is 2.08. The van der Waals surface area contributed by atoms with Crippen LogP contribution in [0.3, 0.4) is 0 Å². The van der Waals surface area contributed by atoms with E-state index in [1.54, 1.807) is 12.4 Å². The Morgan fingerprint density at radius 2 is 1.90 bits per heavy atom. The molecule has 4 nitrogen and oxygen atoms in total. The van der Waals surface area contributed by atoms with Gasteiger partial charge in [0.05, 0.1) is 0 Å². The van der Waals surface area contributed by atoms with Crippen LogP contribution < -0.4 is 11.1 Å². The van der Waals surface area contributed by atoms with Gasteiger partial charge in [-0.3, -0.25) is 14.2 Å². The lowest BCUT2D eigenvalue weighted by atomic mass is 10.1. The van der Waals surface area contributed by atoms with Crippen LogP contribution in [0.2, 0.25) is 0 Å². The van der Waals surface area contributed by atoms with Gasteiger partial charge in [-0.25, -0.2) is 0 Å². The third kappa shape index (κ3) is 3.40. The highest BCUT2D eigenvalue weighted by atomic mass is 16.2. The molecular formula is C17H20N2O2. The molecule has 0 amide bonds. The fourth-order valence-corrected chi connectivity index (χ4v) is 2.06. The number of aromatic nitrogens is 2. The van der Waals surface area contributed by atoms with E-state index in [0.29, 0.717) is 6.54 Å². The molecule has 0 unspecified atom stereocenters. The quantitative estimate of drug-likeness (QED) is 0.639. The largest absolute Gasteiger partial charge is 0.320 e. The molecule has 0 spiro atoms. The van der Waals surface area contributed by atoms with Crippen LogP contribution in [-0.2, 0) is 13.0 Å². The zero-order valence-corrected chi connectivity index (χ0v) is 12.7. The molecule has 0 N–H and O–H groups in total. The van der Waals surface area contributed by atoms with Crippen molar-refractivity contribution in [1.29, 1.82) is 0 Å². The SMILES string of the molecule is CCc1cccc(-n2ccn(CC=C(C)C)c(=O)c2=O)c1. The smallest absolute Gasteiger partial charge is 0.305 e. The van der Waals surface area contributed by atoms with Gasteiger partial charge in [-0.05, 0) is 38.0 Å². The minimum Gasteiger partial charge on any atom is -0.305 e. The summed E-state index contributed by atoms with van der Waals surface area (Å²) in [6.07, 6.45) is 6.11. The average Bonchev–Trinajstić information content (AvgIpc) is 2.48. The van der Waals surface area contributed by atoms with E-state index in [0.717, 1.165) is 23.2 Å². The Hall–Kier alpha value is -2.36. The molecule has 0 saturated heterocycles. The first kappa shape index (κ1) is 15.0. The fourth-order valence-electron chi connectivity index (χ4n) is 2.06. The number of hydrogen-bond acceptors (Lipinski definition) is 2. The van der Waals surface area contributed by atoms with Gasteiger partial charge < -0.3 is 4.57 Å². The molecule has 0 aliphatic heterocycles. The van der Waals surface area contributed by atoms with Crippen LogP contribution in [0, 0.1) is 0 Å². The van der Waals surface area contributed by atoms with Crippen molar-refractivity contribution in [3.05, 3.63) is 74.6 Å². The molecule has 4 heteroatoms. The average molecular weight is 284 g/mol. The summed E-state index contributed by atoms with van der Waals surface area (Å²) < 4.78 is 2.83. The maximum Gasteiger partial charge on any atom is 0.320 e. The molecule has 1 aromatic carbocycles. The maximum absolute atomic E-state index is 12.2. The van der Waals surface area contributed by atoms with Crippen LogP contribution in [0.5, 0.6) is 0 Å². The summed E-state index contributed by atoms with van der Waals surface area (Å²) in [5.41, 5.74) is 1.95. The van der Waals surface area contributed by atoms with Gasteiger partial charge in [-0.2, -0.15) is 0 Å². The Morgan fingerprint density at radius 1 is 1.14 bits per heavy atom. The van der Waals surface area contributed by atoms with Crippen molar-refractivity contribution in [3.8, 4) is 5.69 Å². The molecule has 2 aromatic rings. The van der Waals surface area contributed by atoms with Crippen LogP contribution in [0.25, 0.3) is 5.69 Å². The molecule has 0 aliphatic carbocycles. The van der Waals surface area contributed by atoms with E-state index in [1.807, 2.05) is 44.2 Å². The molecule has 0 saturated carbocycles. The summed E-state index contributed by atoms with van der Waals surface area (Å²) in [4.78, 5) is 24.4. The zero-order chi connectivity index (χ0) is 15.4. The lowest BCUT2D eigenvalue weighted by Crippen LogP contribution is -2.39. The molecule has 0 atom stereocenters. The van der Waals surface area contributed by atoms with E-state index < -0.39 is 11.1 Å². The predicted octanol–water partition coefficient (Wildman–Crippen LogP) is 2.53. The molecule has 0 aliphatic rings. The summed E-state index contributed by atoms with van der Waals surface area (Å²) >= 11 is 0. The second kappa shape index (κ2) is 6.39. The van der Waals surface area contributed by atoms with Gasteiger partial charge in [0.15, 0.2) is 0 Å². The predicted molar refractivity (Wildman–Crippen MR) is 85.1 cm³/mol. The third-order valence-corrected chi connectivity index (χ3v) is 3.35. The molecule has 0 fully saturated rings. The number of nitrogens with zero attached hydrogens (tertiary/aromatic N) is 2. The number of benzene rings is 1. The van der Waals surface area contributed by atoms with Crippen LogP contribution in [0.1, 0.15) is 26.3 Å². The molecule has 1 aromatic heterocycles. The Labute approximate surface area is 124 Å². The minimum atomic E-state index is -0.520. The molecular weight excluding hydrogens is 264 g/mol. The third-order valence-electron chi connectivity index (χ3n) is 3.35. The maximum atomic E-state index is 12.2. The lowest BCUT2D eigenvalue weighted by molar-refractivity contribution is 0.729. The van der Waals surface area contributed by atoms with E-state index in [-0.39, 0.29) is 0 Å². The normalized spacial score (nSPS) is 10.4. The first-order valence-electron chi connectivity index (χ1n) is 7.07. The van der Waals surface area contributed by atoms with Gasteiger partial charge in [0.2, 0.25) is 0 Å². The Morgan fingerprint density at radius 3 is 2.57 bits per heavy atom. The van der Waals surface area contributed by atoms with Crippen LogP contribution in [-0.4, -0.2) is 9.13 Å². The Balaban J connectivity index is 2.48. The van der Waals surface area contributed by atoms with Crippen molar-refractivity contribution in [3.63, 3.8) is 0 Å². The highest BCUT2D eigenvalue weighted by molar-refractivity contribution is 5.35. The molecule has 21 heavy (non-hydrogen) atoms. The van der Waals surface area contributed by atoms with Gasteiger partial charge in [0.25, 0.3) is 0 Å². The van der Waals surface area contributed by atoms with E-state index in [4.69, 9.17) is 0 Å².